The predicted octanol–water partition coefficient (Wildman–Crippen LogP) is 2.67. The van der Waals surface area contributed by atoms with Crippen LogP contribution in [0.3, 0.4) is 0 Å². The fourth-order valence-electron chi connectivity index (χ4n) is 0.697. The highest BCUT2D eigenvalue weighted by atomic mass is 14.8. The Bertz CT molecular complexity index is 178. The molecule has 0 aromatic rings. The van der Waals surface area contributed by atoms with Gasteiger partial charge in [-0.1, -0.05) is 20.8 Å². The Hall–Kier alpha value is -0.920. The van der Waals surface area contributed by atoms with Crippen molar-refractivity contribution in [2.24, 2.45) is 15.4 Å². The molecule has 0 aromatic carbocycles. The molecule has 0 unspecified atom stereocenters. The number of hydrogen-bond acceptors (Lipinski definition) is 2. The summed E-state index contributed by atoms with van der Waals surface area (Å²) in [5.74, 6) is 0. The van der Waals surface area contributed by atoms with Crippen LogP contribution in [0, 0.1) is 5.41 Å². The van der Waals surface area contributed by atoms with E-state index in [4.69, 9.17) is 0 Å². The number of aliphatic imine (C=N–C) groups is 2. The third kappa shape index (κ3) is 2.66. The number of rotatable bonds is 4. The summed E-state index contributed by atoms with van der Waals surface area (Å²) in [5, 5.41) is 0. The second kappa shape index (κ2) is 4.06. The Morgan fingerprint density at radius 1 is 1.45 bits per heavy atom. The summed E-state index contributed by atoms with van der Waals surface area (Å²) in [5.41, 5.74) is 0.957. The molecule has 0 saturated carbocycles. The van der Waals surface area contributed by atoms with Crippen molar-refractivity contribution >= 4 is 13.4 Å². The molecule has 0 heterocycles. The quantitative estimate of drug-likeness (QED) is 0.553. The zero-order chi connectivity index (χ0) is 8.91. The molecular weight excluding hydrogens is 136 g/mol. The first kappa shape index (κ1) is 10.1. The summed E-state index contributed by atoms with van der Waals surface area (Å²) in [6.45, 7) is 13.2. The molecule has 2 heteroatoms. The summed E-state index contributed by atoms with van der Waals surface area (Å²) in [7, 11) is 0. The standard InChI is InChI=1S/C9H16N2/c1-6-9(2,3)8(11-5)7-10-4/h7H,4-6H2,1-3H3/b8-7-. The minimum absolute atomic E-state index is 0.0585. The first-order valence-electron chi connectivity index (χ1n) is 3.71. The minimum atomic E-state index is 0.0585. The van der Waals surface area contributed by atoms with E-state index in [1.54, 1.807) is 6.20 Å². The van der Waals surface area contributed by atoms with Crippen molar-refractivity contribution in [1.29, 1.82) is 0 Å². The number of nitrogens with zero attached hydrogens (tertiary/aromatic N) is 2. The fraction of sp³-hybridized carbons (Fsp3) is 0.556. The largest absolute Gasteiger partial charge is 0.271 e. The molecule has 0 bridgehead atoms. The topological polar surface area (TPSA) is 24.7 Å². The molecule has 0 aliphatic rings. The van der Waals surface area contributed by atoms with Gasteiger partial charge in [0, 0.05) is 11.6 Å². The van der Waals surface area contributed by atoms with Crippen molar-refractivity contribution in [3.63, 3.8) is 0 Å². The van der Waals surface area contributed by atoms with Crippen LogP contribution >= 0.6 is 0 Å². The maximum absolute atomic E-state index is 3.90. The van der Waals surface area contributed by atoms with Crippen molar-refractivity contribution in [2.75, 3.05) is 0 Å². The molecule has 0 fully saturated rings. The number of hydrogen-bond donors (Lipinski definition) is 0. The zero-order valence-corrected chi connectivity index (χ0v) is 7.59. The van der Waals surface area contributed by atoms with Gasteiger partial charge in [0.2, 0.25) is 0 Å². The summed E-state index contributed by atoms with van der Waals surface area (Å²) in [6, 6.07) is 0. The van der Waals surface area contributed by atoms with Gasteiger partial charge in [-0.25, -0.2) is 0 Å². The van der Waals surface area contributed by atoms with Crippen LogP contribution < -0.4 is 0 Å². The van der Waals surface area contributed by atoms with Gasteiger partial charge in [0.1, 0.15) is 0 Å². The minimum Gasteiger partial charge on any atom is -0.271 e. The Balaban J connectivity index is 4.62. The van der Waals surface area contributed by atoms with Crippen LogP contribution in [0.25, 0.3) is 0 Å². The van der Waals surface area contributed by atoms with Crippen molar-refractivity contribution < 1.29 is 0 Å². The Morgan fingerprint density at radius 3 is 2.27 bits per heavy atom. The van der Waals surface area contributed by atoms with Gasteiger partial charge >= 0.3 is 0 Å². The highest BCUT2D eigenvalue weighted by Crippen LogP contribution is 2.30. The van der Waals surface area contributed by atoms with E-state index in [0.29, 0.717) is 0 Å². The highest BCUT2D eigenvalue weighted by molar-refractivity contribution is 5.33. The van der Waals surface area contributed by atoms with Crippen LogP contribution in [0.2, 0.25) is 0 Å². The van der Waals surface area contributed by atoms with E-state index in [2.05, 4.69) is 44.2 Å². The van der Waals surface area contributed by atoms with E-state index in [9.17, 15) is 0 Å². The fourth-order valence-corrected chi connectivity index (χ4v) is 0.697. The van der Waals surface area contributed by atoms with Gasteiger partial charge in [-0.15, -0.1) is 0 Å². The molecule has 62 valence electrons. The molecule has 0 aliphatic heterocycles. The lowest BCUT2D eigenvalue weighted by atomic mass is 9.87. The SMILES string of the molecule is C=N/C=C(\N=C)C(C)(C)CC. The molecule has 0 aliphatic carbocycles. The van der Waals surface area contributed by atoms with Gasteiger partial charge in [0.25, 0.3) is 0 Å². The Labute approximate surface area is 68.8 Å². The summed E-state index contributed by atoms with van der Waals surface area (Å²) in [4.78, 5) is 7.57. The molecular formula is C9H16N2. The van der Waals surface area contributed by atoms with Crippen molar-refractivity contribution in [3.05, 3.63) is 11.9 Å². The summed E-state index contributed by atoms with van der Waals surface area (Å²) in [6.07, 6.45) is 2.68. The monoisotopic (exact) mass is 152 g/mol. The van der Waals surface area contributed by atoms with Crippen molar-refractivity contribution in [2.45, 2.75) is 27.2 Å². The van der Waals surface area contributed by atoms with E-state index in [0.717, 1.165) is 12.1 Å². The second-order valence-electron chi connectivity index (χ2n) is 3.09. The highest BCUT2D eigenvalue weighted by Gasteiger charge is 2.19. The smallest absolute Gasteiger partial charge is 0.0634 e. The molecule has 0 saturated heterocycles. The van der Waals surface area contributed by atoms with Gasteiger partial charge in [-0.2, -0.15) is 0 Å². The van der Waals surface area contributed by atoms with Crippen LogP contribution in [-0.2, 0) is 0 Å². The normalized spacial score (nSPS) is 12.8. The number of allylic oxidation sites excluding steroid dienone is 1. The maximum atomic E-state index is 3.90. The third-order valence-corrected chi connectivity index (χ3v) is 1.96. The molecule has 0 spiro atoms. The summed E-state index contributed by atoms with van der Waals surface area (Å²) < 4.78 is 0. The van der Waals surface area contributed by atoms with E-state index >= 15 is 0 Å². The molecule has 2 nitrogen and oxygen atoms in total. The summed E-state index contributed by atoms with van der Waals surface area (Å²) >= 11 is 0. The van der Waals surface area contributed by atoms with Gasteiger partial charge in [-0.3, -0.25) is 9.98 Å². The molecule has 11 heavy (non-hydrogen) atoms. The average molecular weight is 152 g/mol. The lowest BCUT2D eigenvalue weighted by Gasteiger charge is -2.21. The van der Waals surface area contributed by atoms with Crippen LogP contribution in [0.1, 0.15) is 27.2 Å². The zero-order valence-electron chi connectivity index (χ0n) is 7.59. The molecule has 0 N–H and O–H groups in total. The lowest BCUT2D eigenvalue weighted by Crippen LogP contribution is -2.11. The van der Waals surface area contributed by atoms with Crippen LogP contribution in [0.5, 0.6) is 0 Å². The molecule has 0 atom stereocenters. The second-order valence-corrected chi connectivity index (χ2v) is 3.09. The van der Waals surface area contributed by atoms with Crippen LogP contribution in [0.15, 0.2) is 21.9 Å². The average Bonchev–Trinajstić information content (AvgIpc) is 2.00. The first-order valence-corrected chi connectivity index (χ1v) is 3.71. The molecule has 0 radical (unpaired) electrons. The van der Waals surface area contributed by atoms with E-state index in [-0.39, 0.29) is 5.41 Å². The van der Waals surface area contributed by atoms with E-state index in [1.165, 1.54) is 0 Å². The Kier molecular flexibility index (Phi) is 3.72. The van der Waals surface area contributed by atoms with Crippen LogP contribution in [-0.4, -0.2) is 13.4 Å². The molecule has 0 rings (SSSR count). The Morgan fingerprint density at radius 2 is 2.00 bits per heavy atom. The predicted molar refractivity (Wildman–Crippen MR) is 51.3 cm³/mol. The van der Waals surface area contributed by atoms with Crippen molar-refractivity contribution in [1.82, 2.24) is 0 Å². The maximum Gasteiger partial charge on any atom is 0.0634 e. The van der Waals surface area contributed by atoms with Crippen molar-refractivity contribution in [3.8, 4) is 0 Å². The molecule has 0 aromatic heterocycles. The van der Waals surface area contributed by atoms with E-state index in [1.807, 2.05) is 0 Å². The third-order valence-electron chi connectivity index (χ3n) is 1.96. The lowest BCUT2D eigenvalue weighted by molar-refractivity contribution is 0.425. The van der Waals surface area contributed by atoms with Crippen LogP contribution in [0.4, 0.5) is 0 Å². The first-order chi connectivity index (χ1) is 5.08. The molecule has 0 amide bonds. The van der Waals surface area contributed by atoms with Gasteiger partial charge in [-0.05, 0) is 19.9 Å². The van der Waals surface area contributed by atoms with Gasteiger partial charge < -0.3 is 0 Å². The van der Waals surface area contributed by atoms with E-state index < -0.39 is 0 Å². The van der Waals surface area contributed by atoms with Gasteiger partial charge in [0.05, 0.1) is 5.70 Å². The van der Waals surface area contributed by atoms with Gasteiger partial charge in [0.15, 0.2) is 0 Å².